The zero-order chi connectivity index (χ0) is 19.7. The fraction of sp³-hybridized carbons (Fsp3) is 0.471. The molecule has 0 radical (unpaired) electrons. The molecule has 9 heteroatoms. The number of carboxylic acid groups (broad SMARTS) is 1. The van der Waals surface area contributed by atoms with Gasteiger partial charge in [-0.1, -0.05) is 13.8 Å². The van der Waals surface area contributed by atoms with Crippen LogP contribution < -0.4 is 5.32 Å². The van der Waals surface area contributed by atoms with Gasteiger partial charge in [0.15, 0.2) is 0 Å². The fourth-order valence-corrected chi connectivity index (χ4v) is 3.86. The van der Waals surface area contributed by atoms with E-state index in [0.717, 1.165) is 17.4 Å². The molecule has 142 valence electrons. The zero-order valence-corrected chi connectivity index (χ0v) is 15.3. The number of alkyl halides is 3. The molecule has 2 aromatic heterocycles. The predicted octanol–water partition coefficient (Wildman–Crippen LogP) is 4.39. The van der Waals surface area contributed by atoms with Crippen LogP contribution >= 0.6 is 11.3 Å². The third-order valence-electron chi connectivity index (χ3n) is 4.52. The van der Waals surface area contributed by atoms with Crippen molar-refractivity contribution in [3.8, 4) is 0 Å². The van der Waals surface area contributed by atoms with Crippen LogP contribution in [-0.2, 0) is 11.0 Å². The zero-order valence-electron chi connectivity index (χ0n) is 14.5. The molecule has 2 heterocycles. The molecule has 0 aromatic carbocycles. The number of thiophene rings is 1. The summed E-state index contributed by atoms with van der Waals surface area (Å²) in [6, 6.07) is 2.19. The number of carbonyl (C=O) groups is 2. The van der Waals surface area contributed by atoms with Crippen LogP contribution in [0.25, 0.3) is 10.2 Å². The number of halogens is 3. The van der Waals surface area contributed by atoms with Crippen molar-refractivity contribution in [1.82, 2.24) is 10.3 Å². The van der Waals surface area contributed by atoms with Crippen LogP contribution in [0, 0.1) is 6.92 Å². The van der Waals surface area contributed by atoms with Crippen molar-refractivity contribution < 1.29 is 27.9 Å². The molecule has 5 nitrogen and oxygen atoms in total. The first-order chi connectivity index (χ1) is 12.0. The topological polar surface area (TPSA) is 79.3 Å². The normalized spacial score (nSPS) is 12.4. The molecule has 0 aliphatic heterocycles. The largest absolute Gasteiger partial charge is 0.481 e. The standard InChI is InChI=1S/C17H19F3N2O3S/c1-4-16(5-2,8-12(23)24)22-14(25)13-9(3)10-6-7-11(17(18,19)20)21-15(10)26-13/h6-7H,4-5,8H2,1-3H3,(H,22,25)(H,23,24). The molecule has 0 aliphatic carbocycles. The number of hydrogen-bond donors (Lipinski definition) is 2. The Labute approximate surface area is 152 Å². The summed E-state index contributed by atoms with van der Waals surface area (Å²) in [5.74, 6) is -1.53. The molecule has 2 aromatic rings. The van der Waals surface area contributed by atoms with E-state index in [-0.39, 0.29) is 16.1 Å². The third kappa shape index (κ3) is 3.98. The van der Waals surface area contributed by atoms with E-state index in [9.17, 15) is 22.8 Å². The number of fused-ring (bicyclic) bond motifs is 1. The van der Waals surface area contributed by atoms with Crippen LogP contribution in [-0.4, -0.2) is 27.5 Å². The van der Waals surface area contributed by atoms with E-state index < -0.39 is 29.3 Å². The predicted molar refractivity (Wildman–Crippen MR) is 92.4 cm³/mol. The van der Waals surface area contributed by atoms with E-state index >= 15 is 0 Å². The molecule has 0 aliphatic rings. The number of amides is 1. The summed E-state index contributed by atoms with van der Waals surface area (Å²) in [5, 5.41) is 12.3. The number of carboxylic acids is 1. The molecule has 0 unspecified atom stereocenters. The van der Waals surface area contributed by atoms with Crippen LogP contribution in [0.2, 0.25) is 0 Å². The van der Waals surface area contributed by atoms with Gasteiger partial charge in [0.1, 0.15) is 10.5 Å². The third-order valence-corrected chi connectivity index (χ3v) is 5.72. The maximum atomic E-state index is 12.8. The number of aryl methyl sites for hydroxylation is 1. The minimum Gasteiger partial charge on any atom is -0.481 e. The lowest BCUT2D eigenvalue weighted by Gasteiger charge is -2.31. The maximum Gasteiger partial charge on any atom is 0.433 e. The van der Waals surface area contributed by atoms with Gasteiger partial charge in [-0.25, -0.2) is 4.98 Å². The second-order valence-electron chi connectivity index (χ2n) is 6.12. The van der Waals surface area contributed by atoms with Crippen LogP contribution in [0.3, 0.4) is 0 Å². The minimum atomic E-state index is -4.56. The van der Waals surface area contributed by atoms with E-state index in [0.29, 0.717) is 23.8 Å². The highest BCUT2D eigenvalue weighted by molar-refractivity contribution is 7.20. The van der Waals surface area contributed by atoms with E-state index in [2.05, 4.69) is 10.3 Å². The van der Waals surface area contributed by atoms with Crippen LogP contribution in [0.1, 0.15) is 54.0 Å². The highest BCUT2D eigenvalue weighted by Crippen LogP contribution is 2.34. The summed E-state index contributed by atoms with van der Waals surface area (Å²) in [6.07, 6.45) is -3.95. The highest BCUT2D eigenvalue weighted by Gasteiger charge is 2.34. The first-order valence-electron chi connectivity index (χ1n) is 8.04. The molecule has 1 amide bonds. The van der Waals surface area contributed by atoms with E-state index in [1.807, 2.05) is 0 Å². The van der Waals surface area contributed by atoms with Crippen molar-refractivity contribution >= 4 is 33.4 Å². The van der Waals surface area contributed by atoms with Crippen molar-refractivity contribution in [2.45, 2.75) is 51.7 Å². The van der Waals surface area contributed by atoms with Gasteiger partial charge >= 0.3 is 12.1 Å². The van der Waals surface area contributed by atoms with Crippen molar-refractivity contribution in [2.24, 2.45) is 0 Å². The molecule has 0 fully saturated rings. The quantitative estimate of drug-likeness (QED) is 0.769. The highest BCUT2D eigenvalue weighted by atomic mass is 32.1. The molecule has 2 N–H and O–H groups in total. The molecule has 2 rings (SSSR count). The number of rotatable bonds is 6. The average molecular weight is 388 g/mol. The lowest BCUT2D eigenvalue weighted by atomic mass is 9.89. The smallest absolute Gasteiger partial charge is 0.433 e. The van der Waals surface area contributed by atoms with Gasteiger partial charge in [-0.2, -0.15) is 13.2 Å². The van der Waals surface area contributed by atoms with Crippen molar-refractivity contribution in [1.29, 1.82) is 0 Å². The Balaban J connectivity index is 2.41. The lowest BCUT2D eigenvalue weighted by Crippen LogP contribution is -2.49. The van der Waals surface area contributed by atoms with Crippen LogP contribution in [0.15, 0.2) is 12.1 Å². The Morgan fingerprint density at radius 1 is 1.23 bits per heavy atom. The van der Waals surface area contributed by atoms with Gasteiger partial charge in [0.25, 0.3) is 5.91 Å². The Bertz CT molecular complexity index is 842. The summed E-state index contributed by atoms with van der Waals surface area (Å²) < 4.78 is 38.5. The summed E-state index contributed by atoms with van der Waals surface area (Å²) in [4.78, 5) is 27.8. The summed E-state index contributed by atoms with van der Waals surface area (Å²) in [6.45, 7) is 5.20. The molecular formula is C17H19F3N2O3S. The van der Waals surface area contributed by atoms with Gasteiger partial charge in [-0.3, -0.25) is 9.59 Å². The van der Waals surface area contributed by atoms with E-state index in [1.54, 1.807) is 20.8 Å². The van der Waals surface area contributed by atoms with Gasteiger partial charge in [0.2, 0.25) is 0 Å². The number of aromatic nitrogens is 1. The summed E-state index contributed by atoms with van der Waals surface area (Å²) in [5.41, 5.74) is -1.39. The Morgan fingerprint density at radius 2 is 1.85 bits per heavy atom. The summed E-state index contributed by atoms with van der Waals surface area (Å²) in [7, 11) is 0. The van der Waals surface area contributed by atoms with Gasteiger partial charge < -0.3 is 10.4 Å². The maximum absolute atomic E-state index is 12.8. The second kappa shape index (κ2) is 7.22. The van der Waals surface area contributed by atoms with Gasteiger partial charge in [-0.05, 0) is 37.5 Å². The molecule has 26 heavy (non-hydrogen) atoms. The van der Waals surface area contributed by atoms with Crippen LogP contribution in [0.5, 0.6) is 0 Å². The van der Waals surface area contributed by atoms with Crippen molar-refractivity contribution in [3.05, 3.63) is 28.3 Å². The molecular weight excluding hydrogens is 369 g/mol. The molecule has 0 bridgehead atoms. The van der Waals surface area contributed by atoms with E-state index in [4.69, 9.17) is 5.11 Å². The number of aliphatic carboxylic acids is 1. The number of nitrogens with zero attached hydrogens (tertiary/aromatic N) is 1. The Kier molecular flexibility index (Phi) is 5.60. The fourth-order valence-electron chi connectivity index (χ4n) is 2.78. The van der Waals surface area contributed by atoms with Gasteiger partial charge in [0.05, 0.1) is 16.8 Å². The molecule has 0 saturated carbocycles. The monoisotopic (exact) mass is 388 g/mol. The number of pyridine rings is 1. The van der Waals surface area contributed by atoms with Gasteiger partial charge in [-0.15, -0.1) is 11.3 Å². The summed E-state index contributed by atoms with van der Waals surface area (Å²) >= 11 is 0.872. The van der Waals surface area contributed by atoms with Crippen LogP contribution in [0.4, 0.5) is 13.2 Å². The number of hydrogen-bond acceptors (Lipinski definition) is 4. The Hall–Kier alpha value is -2.16. The Morgan fingerprint density at radius 3 is 2.35 bits per heavy atom. The molecule has 0 atom stereocenters. The average Bonchev–Trinajstić information content (AvgIpc) is 2.89. The first-order valence-corrected chi connectivity index (χ1v) is 8.86. The second-order valence-corrected chi connectivity index (χ2v) is 7.11. The number of nitrogens with one attached hydrogen (secondary N) is 1. The lowest BCUT2D eigenvalue weighted by molar-refractivity contribution is -0.141. The molecule has 0 saturated heterocycles. The first kappa shape index (κ1) is 20.2. The number of carbonyl (C=O) groups excluding carboxylic acids is 1. The van der Waals surface area contributed by atoms with Crippen molar-refractivity contribution in [3.63, 3.8) is 0 Å². The SMILES string of the molecule is CCC(CC)(CC(=O)O)NC(=O)c1sc2nc(C(F)(F)F)ccc2c1C. The van der Waals surface area contributed by atoms with Crippen molar-refractivity contribution in [2.75, 3.05) is 0 Å². The minimum absolute atomic E-state index is 0.124. The molecule has 0 spiro atoms. The van der Waals surface area contributed by atoms with Gasteiger partial charge in [0, 0.05) is 5.39 Å². The van der Waals surface area contributed by atoms with E-state index in [1.165, 1.54) is 6.07 Å².